The van der Waals surface area contributed by atoms with Crippen molar-refractivity contribution in [2.45, 2.75) is 33.4 Å². The summed E-state index contributed by atoms with van der Waals surface area (Å²) in [6, 6.07) is 0. The van der Waals surface area contributed by atoms with Gasteiger partial charge in [-0.2, -0.15) is 5.10 Å². The summed E-state index contributed by atoms with van der Waals surface area (Å²) in [5.41, 5.74) is 1.17. The van der Waals surface area contributed by atoms with Crippen molar-refractivity contribution in [1.82, 2.24) is 20.1 Å². The van der Waals surface area contributed by atoms with E-state index in [4.69, 9.17) is 0 Å². The predicted octanol–water partition coefficient (Wildman–Crippen LogP) is 1.35. The van der Waals surface area contributed by atoms with Gasteiger partial charge in [0.05, 0.1) is 6.54 Å². The Bertz CT molecular complexity index is 290. The molecule has 1 rings (SSSR count). The van der Waals surface area contributed by atoms with Crippen molar-refractivity contribution < 1.29 is 0 Å². The van der Waals surface area contributed by atoms with Crippen LogP contribution in [0, 0.1) is 0 Å². The molecular weight excluding hydrogens is 176 g/mol. The standard InChI is InChI=1S/C10H18N4/c1-4-11-7-10-12-8-14(13-10)6-5-9(2)3/h8,11H,2,4-7H2,1,3H3. The van der Waals surface area contributed by atoms with E-state index in [0.717, 1.165) is 31.9 Å². The van der Waals surface area contributed by atoms with Gasteiger partial charge >= 0.3 is 0 Å². The molecule has 0 saturated carbocycles. The minimum atomic E-state index is 0.747. The van der Waals surface area contributed by atoms with Crippen molar-refractivity contribution >= 4 is 0 Å². The van der Waals surface area contributed by atoms with Crippen LogP contribution in [0.1, 0.15) is 26.1 Å². The Hall–Kier alpha value is -1.16. The molecule has 0 aliphatic carbocycles. The Labute approximate surface area is 85.0 Å². The quantitative estimate of drug-likeness (QED) is 0.695. The maximum atomic E-state index is 4.32. The van der Waals surface area contributed by atoms with E-state index in [9.17, 15) is 0 Å². The van der Waals surface area contributed by atoms with Gasteiger partial charge in [-0.05, 0) is 19.9 Å². The average Bonchev–Trinajstić information content (AvgIpc) is 2.59. The molecule has 0 aliphatic heterocycles. The van der Waals surface area contributed by atoms with Crippen LogP contribution in [-0.2, 0) is 13.1 Å². The van der Waals surface area contributed by atoms with Gasteiger partial charge in [-0.3, -0.25) is 4.68 Å². The molecule has 0 saturated heterocycles. The van der Waals surface area contributed by atoms with Gasteiger partial charge in [0.2, 0.25) is 0 Å². The van der Waals surface area contributed by atoms with Crippen LogP contribution >= 0.6 is 0 Å². The molecule has 1 N–H and O–H groups in total. The molecule has 0 spiro atoms. The summed E-state index contributed by atoms with van der Waals surface area (Å²) in [5.74, 6) is 0.855. The molecule has 0 aromatic carbocycles. The molecule has 1 aromatic rings. The molecular formula is C10H18N4. The highest BCUT2D eigenvalue weighted by Gasteiger charge is 1.99. The van der Waals surface area contributed by atoms with E-state index in [-0.39, 0.29) is 0 Å². The highest BCUT2D eigenvalue weighted by atomic mass is 15.3. The smallest absolute Gasteiger partial charge is 0.164 e. The van der Waals surface area contributed by atoms with E-state index in [0.29, 0.717) is 0 Å². The van der Waals surface area contributed by atoms with E-state index in [2.05, 4.69) is 28.9 Å². The molecule has 0 fully saturated rings. The topological polar surface area (TPSA) is 42.7 Å². The first-order valence-corrected chi connectivity index (χ1v) is 4.95. The third kappa shape index (κ3) is 3.70. The normalized spacial score (nSPS) is 10.4. The minimum Gasteiger partial charge on any atom is -0.310 e. The summed E-state index contributed by atoms with van der Waals surface area (Å²) in [6.07, 6.45) is 2.74. The maximum absolute atomic E-state index is 4.32. The Morgan fingerprint density at radius 2 is 2.43 bits per heavy atom. The van der Waals surface area contributed by atoms with Crippen LogP contribution in [0.5, 0.6) is 0 Å². The van der Waals surface area contributed by atoms with Gasteiger partial charge in [-0.1, -0.05) is 12.5 Å². The summed E-state index contributed by atoms with van der Waals surface area (Å²) >= 11 is 0. The van der Waals surface area contributed by atoms with Crippen LogP contribution < -0.4 is 5.32 Å². The zero-order valence-corrected chi connectivity index (χ0v) is 8.95. The molecule has 0 atom stereocenters. The Morgan fingerprint density at radius 3 is 3.07 bits per heavy atom. The van der Waals surface area contributed by atoms with Gasteiger partial charge in [0.25, 0.3) is 0 Å². The highest BCUT2D eigenvalue weighted by molar-refractivity contribution is 4.88. The van der Waals surface area contributed by atoms with Crippen LogP contribution in [-0.4, -0.2) is 21.3 Å². The first-order valence-electron chi connectivity index (χ1n) is 4.95. The molecule has 0 amide bonds. The fourth-order valence-electron chi connectivity index (χ4n) is 1.06. The Morgan fingerprint density at radius 1 is 1.64 bits per heavy atom. The van der Waals surface area contributed by atoms with Crippen LogP contribution in [0.15, 0.2) is 18.5 Å². The fourth-order valence-corrected chi connectivity index (χ4v) is 1.06. The van der Waals surface area contributed by atoms with E-state index in [1.165, 1.54) is 5.57 Å². The second kappa shape index (κ2) is 5.54. The number of nitrogens with one attached hydrogen (secondary N) is 1. The minimum absolute atomic E-state index is 0.747. The first kappa shape index (κ1) is 10.9. The van der Waals surface area contributed by atoms with Gasteiger partial charge in [0, 0.05) is 6.54 Å². The molecule has 4 nitrogen and oxygen atoms in total. The van der Waals surface area contributed by atoms with Crippen LogP contribution in [0.25, 0.3) is 0 Å². The van der Waals surface area contributed by atoms with E-state index in [1.54, 1.807) is 6.33 Å². The second-order valence-corrected chi connectivity index (χ2v) is 3.41. The molecule has 1 aromatic heterocycles. The Balaban J connectivity index is 2.38. The molecule has 0 radical (unpaired) electrons. The number of nitrogens with zero attached hydrogens (tertiary/aromatic N) is 3. The SMILES string of the molecule is C=C(C)CCn1cnc(CNCC)n1. The van der Waals surface area contributed by atoms with Gasteiger partial charge < -0.3 is 5.32 Å². The highest BCUT2D eigenvalue weighted by Crippen LogP contribution is 1.98. The summed E-state index contributed by atoms with van der Waals surface area (Å²) in [6.45, 7) is 10.5. The van der Waals surface area contributed by atoms with Gasteiger partial charge in [0.1, 0.15) is 6.33 Å². The molecule has 4 heteroatoms. The van der Waals surface area contributed by atoms with E-state index in [1.807, 2.05) is 11.6 Å². The number of aromatic nitrogens is 3. The summed E-state index contributed by atoms with van der Waals surface area (Å²) in [5, 5.41) is 7.51. The van der Waals surface area contributed by atoms with Crippen molar-refractivity contribution in [3.63, 3.8) is 0 Å². The fraction of sp³-hybridized carbons (Fsp3) is 0.600. The van der Waals surface area contributed by atoms with Crippen LogP contribution in [0.2, 0.25) is 0 Å². The summed E-state index contributed by atoms with van der Waals surface area (Å²) in [4.78, 5) is 4.19. The maximum Gasteiger partial charge on any atom is 0.164 e. The lowest BCUT2D eigenvalue weighted by Gasteiger charge is -1.99. The molecule has 0 unspecified atom stereocenters. The Kier molecular flexibility index (Phi) is 4.32. The number of hydrogen-bond donors (Lipinski definition) is 1. The van der Waals surface area contributed by atoms with Crippen molar-refractivity contribution in [3.8, 4) is 0 Å². The zero-order chi connectivity index (χ0) is 10.4. The number of hydrogen-bond acceptors (Lipinski definition) is 3. The first-order chi connectivity index (χ1) is 6.72. The van der Waals surface area contributed by atoms with Crippen molar-refractivity contribution in [2.75, 3.05) is 6.54 Å². The van der Waals surface area contributed by atoms with Crippen molar-refractivity contribution in [3.05, 3.63) is 24.3 Å². The monoisotopic (exact) mass is 194 g/mol. The number of rotatable bonds is 6. The average molecular weight is 194 g/mol. The lowest BCUT2D eigenvalue weighted by Crippen LogP contribution is -2.13. The molecule has 0 aliphatic rings. The third-order valence-corrected chi connectivity index (χ3v) is 1.88. The van der Waals surface area contributed by atoms with Crippen molar-refractivity contribution in [1.29, 1.82) is 0 Å². The lowest BCUT2D eigenvalue weighted by molar-refractivity contribution is 0.594. The third-order valence-electron chi connectivity index (χ3n) is 1.88. The molecule has 78 valence electrons. The van der Waals surface area contributed by atoms with Crippen LogP contribution in [0.4, 0.5) is 0 Å². The lowest BCUT2D eigenvalue weighted by atomic mass is 10.2. The number of aryl methyl sites for hydroxylation is 1. The van der Waals surface area contributed by atoms with E-state index >= 15 is 0 Å². The van der Waals surface area contributed by atoms with E-state index < -0.39 is 0 Å². The largest absolute Gasteiger partial charge is 0.310 e. The zero-order valence-electron chi connectivity index (χ0n) is 8.95. The molecule has 1 heterocycles. The molecule has 14 heavy (non-hydrogen) atoms. The summed E-state index contributed by atoms with van der Waals surface area (Å²) in [7, 11) is 0. The summed E-state index contributed by atoms with van der Waals surface area (Å²) < 4.78 is 1.86. The van der Waals surface area contributed by atoms with Gasteiger partial charge in [0.15, 0.2) is 5.82 Å². The van der Waals surface area contributed by atoms with Gasteiger partial charge in [-0.25, -0.2) is 4.98 Å². The molecule has 0 bridgehead atoms. The number of allylic oxidation sites excluding steroid dienone is 1. The second-order valence-electron chi connectivity index (χ2n) is 3.41. The predicted molar refractivity (Wildman–Crippen MR) is 56.8 cm³/mol. The van der Waals surface area contributed by atoms with Crippen LogP contribution in [0.3, 0.4) is 0 Å². The van der Waals surface area contributed by atoms with Gasteiger partial charge in [-0.15, -0.1) is 6.58 Å². The van der Waals surface area contributed by atoms with Crippen molar-refractivity contribution in [2.24, 2.45) is 0 Å².